The predicted molar refractivity (Wildman–Crippen MR) is 76.9 cm³/mol. The van der Waals surface area contributed by atoms with Crippen LogP contribution in [0.1, 0.15) is 5.56 Å². The van der Waals surface area contributed by atoms with Gasteiger partial charge in [0.15, 0.2) is 0 Å². The van der Waals surface area contributed by atoms with E-state index in [0.717, 1.165) is 10.2 Å². The van der Waals surface area contributed by atoms with Gasteiger partial charge >= 0.3 is 0 Å². The predicted octanol–water partition coefficient (Wildman–Crippen LogP) is 4.78. The maximum Gasteiger partial charge on any atom is 0.141 e. The van der Waals surface area contributed by atoms with E-state index in [4.69, 9.17) is 26.3 Å². The number of ether oxygens (including phenoxy) is 2. The van der Waals surface area contributed by atoms with E-state index in [1.165, 1.54) is 0 Å². The van der Waals surface area contributed by atoms with Crippen LogP contribution >= 0.6 is 27.5 Å². The van der Waals surface area contributed by atoms with Gasteiger partial charge in [0.2, 0.25) is 0 Å². The van der Waals surface area contributed by atoms with Gasteiger partial charge in [-0.1, -0.05) is 11.6 Å². The summed E-state index contributed by atoms with van der Waals surface area (Å²) in [4.78, 5) is 0. The number of rotatable bonds is 3. The Hall–Kier alpha value is -1.70. The van der Waals surface area contributed by atoms with Gasteiger partial charge in [0, 0.05) is 6.07 Å². The minimum absolute atomic E-state index is 0.365. The summed E-state index contributed by atoms with van der Waals surface area (Å²) in [5.41, 5.74) is 0.419. The largest absolute Gasteiger partial charge is 0.497 e. The van der Waals surface area contributed by atoms with Gasteiger partial charge in [-0.2, -0.15) is 5.26 Å². The van der Waals surface area contributed by atoms with E-state index in [2.05, 4.69) is 15.9 Å². The molecule has 0 N–H and O–H groups in total. The van der Waals surface area contributed by atoms with Crippen molar-refractivity contribution in [2.45, 2.75) is 0 Å². The van der Waals surface area contributed by atoms with E-state index < -0.39 is 0 Å². The van der Waals surface area contributed by atoms with Crippen LogP contribution in [-0.2, 0) is 0 Å². The molecular weight excluding hydrogens is 330 g/mol. The minimum Gasteiger partial charge on any atom is -0.497 e. The van der Waals surface area contributed by atoms with E-state index >= 15 is 0 Å². The Morgan fingerprint density at radius 1 is 1.16 bits per heavy atom. The fraction of sp³-hybridized carbons (Fsp3) is 0.0714. The second-order valence-corrected chi connectivity index (χ2v) is 4.91. The number of nitriles is 1. The molecule has 5 heteroatoms. The van der Waals surface area contributed by atoms with Gasteiger partial charge in [-0.3, -0.25) is 0 Å². The Kier molecular flexibility index (Phi) is 4.31. The molecule has 0 aromatic heterocycles. The summed E-state index contributed by atoms with van der Waals surface area (Å²) < 4.78 is 11.6. The number of halogens is 2. The molecule has 2 aromatic carbocycles. The molecule has 0 fully saturated rings. The summed E-state index contributed by atoms with van der Waals surface area (Å²) in [7, 11) is 1.60. The van der Waals surface area contributed by atoms with Crippen LogP contribution in [0.2, 0.25) is 5.02 Å². The molecular formula is C14H9BrClNO2. The maximum absolute atomic E-state index is 8.80. The molecule has 0 unspecified atom stereocenters. The lowest BCUT2D eigenvalue weighted by Crippen LogP contribution is -1.88. The molecule has 0 aliphatic heterocycles. The minimum atomic E-state index is 0.365. The topological polar surface area (TPSA) is 42.2 Å². The Balaban J connectivity index is 2.26. The maximum atomic E-state index is 8.80. The van der Waals surface area contributed by atoms with Crippen molar-refractivity contribution in [2.75, 3.05) is 7.11 Å². The molecule has 3 nitrogen and oxygen atoms in total. The van der Waals surface area contributed by atoms with Gasteiger partial charge in [-0.15, -0.1) is 0 Å². The van der Waals surface area contributed by atoms with E-state index in [1.54, 1.807) is 43.5 Å². The van der Waals surface area contributed by atoms with Crippen molar-refractivity contribution in [1.29, 1.82) is 5.26 Å². The van der Waals surface area contributed by atoms with E-state index in [9.17, 15) is 0 Å². The molecule has 0 radical (unpaired) electrons. The Morgan fingerprint density at radius 3 is 2.47 bits per heavy atom. The van der Waals surface area contributed by atoms with Gasteiger partial charge in [-0.05, 0) is 46.3 Å². The third-order valence-corrected chi connectivity index (χ3v) is 3.36. The van der Waals surface area contributed by atoms with Crippen molar-refractivity contribution in [3.05, 3.63) is 51.5 Å². The molecule has 0 aliphatic rings. The van der Waals surface area contributed by atoms with Crippen molar-refractivity contribution < 1.29 is 9.47 Å². The summed E-state index contributed by atoms with van der Waals surface area (Å²) in [6.07, 6.45) is 0. The first kappa shape index (κ1) is 13.7. The second kappa shape index (κ2) is 5.96. The number of nitrogens with zero attached hydrogens (tertiary/aromatic N) is 1. The van der Waals surface area contributed by atoms with E-state index in [1.807, 2.05) is 6.07 Å². The van der Waals surface area contributed by atoms with Crippen LogP contribution in [-0.4, -0.2) is 7.11 Å². The third-order valence-electron chi connectivity index (χ3n) is 2.43. The van der Waals surface area contributed by atoms with Crippen molar-refractivity contribution in [2.24, 2.45) is 0 Å². The molecule has 0 saturated carbocycles. The van der Waals surface area contributed by atoms with Crippen molar-refractivity contribution in [3.8, 4) is 23.3 Å². The first-order valence-corrected chi connectivity index (χ1v) is 6.52. The Bertz CT molecular complexity index is 652. The first-order chi connectivity index (χ1) is 9.13. The van der Waals surface area contributed by atoms with Crippen LogP contribution in [0.5, 0.6) is 17.2 Å². The third kappa shape index (κ3) is 3.19. The number of hydrogen-bond acceptors (Lipinski definition) is 3. The summed E-state index contributed by atoms with van der Waals surface area (Å²) in [5.74, 6) is 1.94. The lowest BCUT2D eigenvalue weighted by molar-refractivity contribution is 0.412. The molecule has 2 aromatic rings. The van der Waals surface area contributed by atoms with Crippen molar-refractivity contribution in [1.82, 2.24) is 0 Å². The number of benzene rings is 2. The fourth-order valence-corrected chi connectivity index (χ4v) is 2.12. The van der Waals surface area contributed by atoms with E-state index in [0.29, 0.717) is 22.1 Å². The number of hydrogen-bond donors (Lipinski definition) is 0. The van der Waals surface area contributed by atoms with Gasteiger partial charge in [-0.25, -0.2) is 0 Å². The summed E-state index contributed by atoms with van der Waals surface area (Å²) in [6, 6.07) is 12.3. The monoisotopic (exact) mass is 337 g/mol. The second-order valence-electron chi connectivity index (χ2n) is 3.65. The highest BCUT2D eigenvalue weighted by atomic mass is 79.9. The summed E-state index contributed by atoms with van der Waals surface area (Å²) in [5, 5.41) is 9.17. The zero-order chi connectivity index (χ0) is 13.8. The van der Waals surface area contributed by atoms with Crippen LogP contribution in [0.3, 0.4) is 0 Å². The van der Waals surface area contributed by atoms with Crippen molar-refractivity contribution >= 4 is 27.5 Å². The summed E-state index contributed by atoms with van der Waals surface area (Å²) in [6.45, 7) is 0. The van der Waals surface area contributed by atoms with Crippen LogP contribution in [0.25, 0.3) is 0 Å². The van der Waals surface area contributed by atoms with Gasteiger partial charge in [0.25, 0.3) is 0 Å². The lowest BCUT2D eigenvalue weighted by atomic mass is 10.2. The quantitative estimate of drug-likeness (QED) is 0.809. The van der Waals surface area contributed by atoms with Crippen LogP contribution in [0.15, 0.2) is 40.9 Å². The highest BCUT2D eigenvalue weighted by Crippen LogP contribution is 2.33. The molecule has 0 atom stereocenters. The van der Waals surface area contributed by atoms with Crippen LogP contribution < -0.4 is 9.47 Å². The van der Waals surface area contributed by atoms with Gasteiger partial charge < -0.3 is 9.47 Å². The van der Waals surface area contributed by atoms with Crippen molar-refractivity contribution in [3.63, 3.8) is 0 Å². The molecule has 0 saturated heterocycles. The highest BCUT2D eigenvalue weighted by molar-refractivity contribution is 9.10. The highest BCUT2D eigenvalue weighted by Gasteiger charge is 2.06. The molecule has 0 bridgehead atoms. The Labute approximate surface area is 124 Å². The Morgan fingerprint density at radius 2 is 1.89 bits per heavy atom. The van der Waals surface area contributed by atoms with E-state index in [-0.39, 0.29) is 0 Å². The molecule has 0 aliphatic carbocycles. The molecule has 0 amide bonds. The standard InChI is InChI=1S/C14H9BrClNO2/c1-18-10-4-5-14(12(15)6-10)19-11-3-2-9(8-17)13(16)7-11/h2-7H,1H3. The lowest BCUT2D eigenvalue weighted by Gasteiger charge is -2.09. The van der Waals surface area contributed by atoms with Crippen LogP contribution in [0, 0.1) is 11.3 Å². The average Bonchev–Trinajstić information content (AvgIpc) is 2.41. The smallest absolute Gasteiger partial charge is 0.141 e. The first-order valence-electron chi connectivity index (χ1n) is 5.35. The molecule has 0 spiro atoms. The van der Waals surface area contributed by atoms with Crippen LogP contribution in [0.4, 0.5) is 0 Å². The molecule has 2 rings (SSSR count). The SMILES string of the molecule is COc1ccc(Oc2ccc(C#N)c(Cl)c2)c(Br)c1. The van der Waals surface area contributed by atoms with Gasteiger partial charge in [0.05, 0.1) is 22.2 Å². The fourth-order valence-electron chi connectivity index (χ4n) is 1.47. The normalized spacial score (nSPS) is 9.79. The molecule has 0 heterocycles. The zero-order valence-corrected chi connectivity index (χ0v) is 12.3. The van der Waals surface area contributed by atoms with Gasteiger partial charge in [0.1, 0.15) is 23.3 Å². The molecule has 96 valence electrons. The molecule has 19 heavy (non-hydrogen) atoms. The zero-order valence-electron chi connectivity index (χ0n) is 9.98. The number of methoxy groups -OCH3 is 1. The summed E-state index contributed by atoms with van der Waals surface area (Å²) >= 11 is 9.35. The average molecular weight is 339 g/mol.